The first-order chi connectivity index (χ1) is 12.6. The van der Waals surface area contributed by atoms with E-state index in [2.05, 4.69) is 0 Å². The van der Waals surface area contributed by atoms with Gasteiger partial charge in [0.2, 0.25) is 0 Å². The number of nitrogens with zero attached hydrogens (tertiary/aromatic N) is 1. The molecule has 0 unspecified atom stereocenters. The number of hydrogen-bond acceptors (Lipinski definition) is 4. The Morgan fingerprint density at radius 1 is 1.04 bits per heavy atom. The monoisotopic (exact) mass is 385 g/mol. The molecule has 1 heterocycles. The molecule has 26 heavy (non-hydrogen) atoms. The van der Waals surface area contributed by atoms with Gasteiger partial charge in [-0.1, -0.05) is 60.2 Å². The second-order valence-electron chi connectivity index (χ2n) is 5.40. The van der Waals surface area contributed by atoms with Crippen molar-refractivity contribution in [2.24, 2.45) is 0 Å². The molecule has 1 aliphatic heterocycles. The molecule has 0 saturated carbocycles. The van der Waals surface area contributed by atoms with Crippen LogP contribution in [0.5, 0.6) is 5.75 Å². The van der Waals surface area contributed by atoms with Crippen molar-refractivity contribution in [2.75, 3.05) is 13.2 Å². The smallest absolute Gasteiger partial charge is 0.293 e. The SMILES string of the molecule is O=C1S/C(=C\C=C\c2ccccc2Cl)C(=O)N1CCOc1ccccc1. The molecule has 2 amide bonds. The first-order valence-electron chi connectivity index (χ1n) is 7.99. The van der Waals surface area contributed by atoms with Gasteiger partial charge in [-0.25, -0.2) is 0 Å². The normalized spacial score (nSPS) is 16.0. The van der Waals surface area contributed by atoms with Gasteiger partial charge < -0.3 is 4.74 Å². The van der Waals surface area contributed by atoms with Crippen molar-refractivity contribution in [1.29, 1.82) is 0 Å². The standard InChI is InChI=1S/C20H16ClNO3S/c21-17-11-5-4-7-15(17)8-6-12-18-19(23)22(20(24)26-18)13-14-25-16-9-2-1-3-10-16/h1-12H,13-14H2/b8-6+,18-12-. The molecule has 3 rings (SSSR count). The molecular weight excluding hydrogens is 370 g/mol. The molecule has 0 aromatic heterocycles. The lowest BCUT2D eigenvalue weighted by Gasteiger charge is -2.13. The minimum absolute atomic E-state index is 0.213. The van der Waals surface area contributed by atoms with Crippen LogP contribution in [0.25, 0.3) is 6.08 Å². The van der Waals surface area contributed by atoms with Gasteiger partial charge in [-0.2, -0.15) is 0 Å². The lowest BCUT2D eigenvalue weighted by Crippen LogP contribution is -2.32. The third-order valence-corrected chi connectivity index (χ3v) is 4.90. The van der Waals surface area contributed by atoms with Crippen LogP contribution in [-0.2, 0) is 4.79 Å². The van der Waals surface area contributed by atoms with Gasteiger partial charge in [-0.15, -0.1) is 0 Å². The number of amides is 2. The highest BCUT2D eigenvalue weighted by Crippen LogP contribution is 2.30. The van der Waals surface area contributed by atoms with Crippen LogP contribution in [0, 0.1) is 0 Å². The average molecular weight is 386 g/mol. The quantitative estimate of drug-likeness (QED) is 0.655. The van der Waals surface area contributed by atoms with Crippen molar-refractivity contribution in [2.45, 2.75) is 0 Å². The summed E-state index contributed by atoms with van der Waals surface area (Å²) in [5, 5.41) is 0.340. The molecule has 1 aliphatic rings. The van der Waals surface area contributed by atoms with E-state index in [-0.39, 0.29) is 24.3 Å². The summed E-state index contributed by atoms with van der Waals surface area (Å²) in [5.74, 6) is 0.401. The lowest BCUT2D eigenvalue weighted by atomic mass is 10.2. The predicted octanol–water partition coefficient (Wildman–Crippen LogP) is 5.01. The molecule has 1 fully saturated rings. The number of carbonyl (C=O) groups is 2. The second-order valence-corrected chi connectivity index (χ2v) is 6.80. The Bertz CT molecular complexity index is 864. The number of carbonyl (C=O) groups excluding carboxylic acids is 2. The molecular formula is C20H16ClNO3S. The molecule has 0 aliphatic carbocycles. The maximum atomic E-state index is 12.4. The zero-order chi connectivity index (χ0) is 18.4. The maximum absolute atomic E-state index is 12.4. The van der Waals surface area contributed by atoms with Crippen LogP contribution in [0.2, 0.25) is 5.02 Å². The van der Waals surface area contributed by atoms with Crippen LogP contribution in [0.15, 0.2) is 71.7 Å². The van der Waals surface area contributed by atoms with Gasteiger partial charge in [-0.05, 0) is 41.6 Å². The van der Waals surface area contributed by atoms with Gasteiger partial charge in [0.05, 0.1) is 11.4 Å². The third-order valence-electron chi connectivity index (χ3n) is 3.63. The highest BCUT2D eigenvalue weighted by molar-refractivity contribution is 8.18. The number of allylic oxidation sites excluding steroid dienone is 2. The van der Waals surface area contributed by atoms with Crippen molar-refractivity contribution < 1.29 is 14.3 Å². The highest BCUT2D eigenvalue weighted by atomic mass is 35.5. The Morgan fingerprint density at radius 2 is 1.77 bits per heavy atom. The fourth-order valence-corrected chi connectivity index (χ4v) is 3.34. The number of ether oxygens (including phenoxy) is 1. The van der Waals surface area contributed by atoms with E-state index in [9.17, 15) is 9.59 Å². The minimum Gasteiger partial charge on any atom is -0.492 e. The average Bonchev–Trinajstić information content (AvgIpc) is 2.92. The van der Waals surface area contributed by atoms with Gasteiger partial charge in [-0.3, -0.25) is 14.5 Å². The van der Waals surface area contributed by atoms with Crippen LogP contribution in [0.3, 0.4) is 0 Å². The number of rotatable bonds is 6. The Morgan fingerprint density at radius 3 is 2.54 bits per heavy atom. The van der Waals surface area contributed by atoms with Crippen molar-refractivity contribution in [3.63, 3.8) is 0 Å². The topological polar surface area (TPSA) is 46.6 Å². The predicted molar refractivity (Wildman–Crippen MR) is 105 cm³/mol. The summed E-state index contributed by atoms with van der Waals surface area (Å²) < 4.78 is 5.55. The summed E-state index contributed by atoms with van der Waals surface area (Å²) in [5.41, 5.74) is 0.848. The molecule has 1 saturated heterocycles. The van der Waals surface area contributed by atoms with Gasteiger partial charge in [0.25, 0.3) is 11.1 Å². The fraction of sp³-hybridized carbons (Fsp3) is 0.100. The summed E-state index contributed by atoms with van der Waals surface area (Å²) in [6, 6.07) is 16.7. The molecule has 4 nitrogen and oxygen atoms in total. The maximum Gasteiger partial charge on any atom is 0.293 e. The Hall–Kier alpha value is -2.50. The van der Waals surface area contributed by atoms with Crippen LogP contribution < -0.4 is 4.74 Å². The molecule has 6 heteroatoms. The zero-order valence-electron chi connectivity index (χ0n) is 13.8. The molecule has 0 atom stereocenters. The molecule has 0 bridgehead atoms. The van der Waals surface area contributed by atoms with Gasteiger partial charge >= 0.3 is 0 Å². The van der Waals surface area contributed by atoms with E-state index in [1.807, 2.05) is 48.5 Å². The van der Waals surface area contributed by atoms with E-state index in [0.29, 0.717) is 15.7 Å². The summed E-state index contributed by atoms with van der Waals surface area (Å²) >= 11 is 7.01. The van der Waals surface area contributed by atoms with Crippen LogP contribution in [-0.4, -0.2) is 29.2 Å². The van der Waals surface area contributed by atoms with Crippen LogP contribution in [0.1, 0.15) is 5.56 Å². The second kappa shape index (κ2) is 8.74. The van der Waals surface area contributed by atoms with E-state index in [1.54, 1.807) is 24.3 Å². The van der Waals surface area contributed by atoms with E-state index >= 15 is 0 Å². The highest BCUT2D eigenvalue weighted by Gasteiger charge is 2.34. The molecule has 0 radical (unpaired) electrons. The van der Waals surface area contributed by atoms with Crippen molar-refractivity contribution in [1.82, 2.24) is 4.90 Å². The number of hydrogen-bond donors (Lipinski definition) is 0. The van der Waals surface area contributed by atoms with E-state index in [0.717, 1.165) is 17.3 Å². The van der Waals surface area contributed by atoms with Crippen LogP contribution >= 0.6 is 23.4 Å². The Balaban J connectivity index is 1.58. The van der Waals surface area contributed by atoms with Crippen molar-refractivity contribution >= 4 is 40.6 Å². The van der Waals surface area contributed by atoms with Crippen molar-refractivity contribution in [3.8, 4) is 5.75 Å². The molecule has 0 N–H and O–H groups in total. The molecule has 2 aromatic rings. The largest absolute Gasteiger partial charge is 0.492 e. The summed E-state index contributed by atoms with van der Waals surface area (Å²) in [6.07, 6.45) is 5.15. The molecule has 2 aromatic carbocycles. The van der Waals surface area contributed by atoms with E-state index in [1.165, 1.54) is 4.90 Å². The van der Waals surface area contributed by atoms with Gasteiger partial charge in [0, 0.05) is 5.02 Å². The number of imide groups is 1. The van der Waals surface area contributed by atoms with Crippen LogP contribution in [0.4, 0.5) is 4.79 Å². The first-order valence-corrected chi connectivity index (χ1v) is 9.19. The Kier molecular flexibility index (Phi) is 6.15. The van der Waals surface area contributed by atoms with E-state index in [4.69, 9.17) is 16.3 Å². The minimum atomic E-state index is -0.305. The van der Waals surface area contributed by atoms with Gasteiger partial charge in [0.15, 0.2) is 0 Å². The number of halogens is 1. The fourth-order valence-electron chi connectivity index (χ4n) is 2.33. The summed E-state index contributed by atoms with van der Waals surface area (Å²) in [7, 11) is 0. The third kappa shape index (κ3) is 4.56. The Labute approximate surface area is 161 Å². The number of thioether (sulfide) groups is 1. The number of benzene rings is 2. The zero-order valence-corrected chi connectivity index (χ0v) is 15.4. The van der Waals surface area contributed by atoms with Crippen molar-refractivity contribution in [3.05, 3.63) is 82.2 Å². The first kappa shape index (κ1) is 18.3. The summed E-state index contributed by atoms with van der Waals surface area (Å²) in [6.45, 7) is 0.468. The lowest BCUT2D eigenvalue weighted by molar-refractivity contribution is -0.123. The van der Waals surface area contributed by atoms with E-state index < -0.39 is 0 Å². The van der Waals surface area contributed by atoms with Gasteiger partial charge in [0.1, 0.15) is 12.4 Å². The number of para-hydroxylation sites is 1. The molecule has 0 spiro atoms. The molecule has 132 valence electrons. The summed E-state index contributed by atoms with van der Waals surface area (Å²) in [4.78, 5) is 26.0.